The summed E-state index contributed by atoms with van der Waals surface area (Å²) in [5, 5.41) is 2.59. The van der Waals surface area contributed by atoms with Gasteiger partial charge < -0.3 is 10.1 Å². The Labute approximate surface area is 273 Å². The number of rotatable bonds is 12. The van der Waals surface area contributed by atoms with Crippen LogP contribution in [0.15, 0.2) is 95.9 Å². The van der Waals surface area contributed by atoms with Crippen LogP contribution in [0.4, 0.5) is 0 Å². The van der Waals surface area contributed by atoms with E-state index in [4.69, 9.17) is 4.74 Å². The number of carbonyl (C=O) groups is 2. The molecular weight excluding hydrogens is 596 g/mol. The minimum absolute atomic E-state index is 0.0752. The third kappa shape index (κ3) is 9.61. The van der Waals surface area contributed by atoms with Crippen molar-refractivity contribution in [3.63, 3.8) is 0 Å². The fraction of sp³-hybridized carbons (Fsp3) is 0.316. The molecule has 4 aromatic rings. The van der Waals surface area contributed by atoms with Crippen molar-refractivity contribution < 1.29 is 22.7 Å². The Morgan fingerprint density at radius 1 is 0.717 bits per heavy atom. The van der Waals surface area contributed by atoms with Gasteiger partial charge >= 0.3 is 5.97 Å². The highest BCUT2D eigenvalue weighted by Crippen LogP contribution is 2.30. The van der Waals surface area contributed by atoms with Crippen molar-refractivity contribution in [3.05, 3.63) is 136 Å². The zero-order chi connectivity index (χ0) is 33.5. The van der Waals surface area contributed by atoms with E-state index in [-0.39, 0.29) is 18.0 Å². The lowest BCUT2D eigenvalue weighted by atomic mass is 9.87. The highest BCUT2D eigenvalue weighted by atomic mass is 32.2. The van der Waals surface area contributed by atoms with E-state index in [0.717, 1.165) is 33.4 Å². The fourth-order valence-electron chi connectivity index (χ4n) is 5.28. The molecule has 242 valence electrons. The standard InChI is InChI=1S/C38H44N2O5S/c1-26-12-16-29(17-13-26)22-32-20-28(3)21-33(23-30-18-14-27(2)15-19-30)35(32)46(43,44)40-36(38(4,5)6)37(42)39-24-34(41)45-25-31-10-8-7-9-11-31/h7-21,36,40H,22-25H2,1-6H3,(H,39,42)/t36-/m1/s1. The number of ether oxygens (including phenoxy) is 1. The van der Waals surface area contributed by atoms with Gasteiger partial charge in [-0.25, -0.2) is 8.42 Å². The molecule has 0 aromatic heterocycles. The van der Waals surface area contributed by atoms with Crippen LogP contribution in [0.25, 0.3) is 0 Å². The number of esters is 1. The van der Waals surface area contributed by atoms with E-state index in [0.29, 0.717) is 24.0 Å². The summed E-state index contributed by atoms with van der Waals surface area (Å²) in [5.74, 6) is -1.23. The maximum atomic E-state index is 14.5. The van der Waals surface area contributed by atoms with Crippen LogP contribution in [0.2, 0.25) is 0 Å². The van der Waals surface area contributed by atoms with Gasteiger partial charge in [0.25, 0.3) is 0 Å². The largest absolute Gasteiger partial charge is 0.460 e. The average Bonchev–Trinajstić information content (AvgIpc) is 2.99. The van der Waals surface area contributed by atoms with Crippen molar-refractivity contribution in [3.8, 4) is 0 Å². The summed E-state index contributed by atoms with van der Waals surface area (Å²) in [5.41, 5.74) is 6.44. The van der Waals surface area contributed by atoms with Crippen LogP contribution in [0.5, 0.6) is 0 Å². The molecule has 0 spiro atoms. The molecule has 8 heteroatoms. The third-order valence-electron chi connectivity index (χ3n) is 7.74. The first kappa shape index (κ1) is 34.6. The van der Waals surface area contributed by atoms with E-state index >= 15 is 0 Å². The molecule has 0 heterocycles. The van der Waals surface area contributed by atoms with Crippen molar-refractivity contribution in [1.29, 1.82) is 0 Å². The predicted molar refractivity (Wildman–Crippen MR) is 182 cm³/mol. The van der Waals surface area contributed by atoms with Crippen LogP contribution < -0.4 is 10.0 Å². The van der Waals surface area contributed by atoms with Gasteiger partial charge in [0.2, 0.25) is 15.9 Å². The predicted octanol–water partition coefficient (Wildman–Crippen LogP) is 6.35. The Hall–Kier alpha value is -4.27. The average molecular weight is 641 g/mol. The van der Waals surface area contributed by atoms with E-state index in [9.17, 15) is 18.0 Å². The molecular formula is C38H44N2O5S. The van der Waals surface area contributed by atoms with Crippen molar-refractivity contribution in [2.24, 2.45) is 5.41 Å². The Kier molecular flexibility index (Phi) is 11.2. The van der Waals surface area contributed by atoms with Crippen LogP contribution in [0.3, 0.4) is 0 Å². The topological polar surface area (TPSA) is 102 Å². The second-order valence-electron chi connectivity index (χ2n) is 13.0. The summed E-state index contributed by atoms with van der Waals surface area (Å²) in [6, 6.07) is 27.9. The first-order valence-electron chi connectivity index (χ1n) is 15.4. The summed E-state index contributed by atoms with van der Waals surface area (Å²) in [6.07, 6.45) is 0.803. The molecule has 46 heavy (non-hydrogen) atoms. The lowest BCUT2D eigenvalue weighted by Gasteiger charge is -2.31. The maximum absolute atomic E-state index is 14.5. The van der Waals surface area contributed by atoms with Crippen molar-refractivity contribution >= 4 is 21.9 Å². The molecule has 0 bridgehead atoms. The Bertz CT molecular complexity index is 1690. The first-order chi connectivity index (χ1) is 21.7. The highest BCUT2D eigenvalue weighted by molar-refractivity contribution is 7.89. The van der Waals surface area contributed by atoms with E-state index in [2.05, 4.69) is 10.0 Å². The number of hydrogen-bond acceptors (Lipinski definition) is 5. The lowest BCUT2D eigenvalue weighted by Crippen LogP contribution is -2.54. The maximum Gasteiger partial charge on any atom is 0.325 e. The number of hydrogen-bond donors (Lipinski definition) is 2. The molecule has 2 N–H and O–H groups in total. The zero-order valence-electron chi connectivity index (χ0n) is 27.5. The summed E-state index contributed by atoms with van der Waals surface area (Å²) in [6.45, 7) is 11.0. The zero-order valence-corrected chi connectivity index (χ0v) is 28.3. The molecule has 1 amide bonds. The van der Waals surface area contributed by atoms with Gasteiger partial charge in [-0.1, -0.05) is 128 Å². The van der Waals surface area contributed by atoms with Gasteiger partial charge in [0, 0.05) is 0 Å². The second kappa shape index (κ2) is 14.9. The summed E-state index contributed by atoms with van der Waals surface area (Å²) >= 11 is 0. The number of carbonyl (C=O) groups excluding carboxylic acids is 2. The smallest absolute Gasteiger partial charge is 0.325 e. The van der Waals surface area contributed by atoms with Gasteiger partial charge in [0.05, 0.1) is 4.90 Å². The van der Waals surface area contributed by atoms with Crippen molar-refractivity contribution in [2.45, 2.75) is 71.9 Å². The van der Waals surface area contributed by atoms with Crippen LogP contribution in [0.1, 0.15) is 65.3 Å². The summed E-state index contributed by atoms with van der Waals surface area (Å²) in [4.78, 5) is 26.1. The number of sulfonamides is 1. The SMILES string of the molecule is Cc1ccc(Cc2cc(C)cc(Cc3ccc(C)cc3)c2S(=O)(=O)N[C@H](C(=O)NCC(=O)OCc2ccccc2)C(C)(C)C)cc1. The molecule has 0 aliphatic carbocycles. The molecule has 0 aliphatic heterocycles. The monoisotopic (exact) mass is 640 g/mol. The molecule has 4 aromatic carbocycles. The highest BCUT2D eigenvalue weighted by Gasteiger charge is 2.37. The van der Waals surface area contributed by atoms with Gasteiger partial charge in [-0.2, -0.15) is 4.72 Å². The molecule has 0 fully saturated rings. The van der Waals surface area contributed by atoms with Crippen LogP contribution in [0, 0.1) is 26.2 Å². The van der Waals surface area contributed by atoms with Gasteiger partial charge in [0.15, 0.2) is 0 Å². The minimum atomic E-state index is -4.23. The number of benzene rings is 4. The Balaban J connectivity index is 1.64. The lowest BCUT2D eigenvalue weighted by molar-refractivity contribution is -0.145. The molecule has 0 aliphatic rings. The van der Waals surface area contributed by atoms with E-state index < -0.39 is 33.4 Å². The fourth-order valence-corrected chi connectivity index (χ4v) is 7.12. The van der Waals surface area contributed by atoms with Crippen LogP contribution >= 0.6 is 0 Å². The molecule has 1 atom stereocenters. The van der Waals surface area contributed by atoms with E-state index in [1.807, 2.05) is 112 Å². The van der Waals surface area contributed by atoms with Crippen molar-refractivity contribution in [1.82, 2.24) is 10.0 Å². The number of aryl methyl sites for hydroxylation is 3. The number of nitrogens with one attached hydrogen (secondary N) is 2. The minimum Gasteiger partial charge on any atom is -0.460 e. The molecule has 0 unspecified atom stereocenters. The van der Waals surface area contributed by atoms with Gasteiger partial charge in [-0.05, 0) is 66.8 Å². The van der Waals surface area contributed by atoms with Crippen molar-refractivity contribution in [2.75, 3.05) is 6.54 Å². The molecule has 0 saturated carbocycles. The molecule has 4 rings (SSSR count). The normalized spacial score (nSPS) is 12.4. The molecule has 7 nitrogen and oxygen atoms in total. The number of amides is 1. The van der Waals surface area contributed by atoms with Gasteiger partial charge in [0.1, 0.15) is 19.2 Å². The van der Waals surface area contributed by atoms with Crippen LogP contribution in [-0.4, -0.2) is 32.9 Å². The van der Waals surface area contributed by atoms with E-state index in [1.165, 1.54) is 0 Å². The molecule has 0 radical (unpaired) electrons. The first-order valence-corrected chi connectivity index (χ1v) is 16.9. The van der Waals surface area contributed by atoms with Gasteiger partial charge in [-0.15, -0.1) is 0 Å². The van der Waals surface area contributed by atoms with E-state index in [1.54, 1.807) is 20.8 Å². The summed E-state index contributed by atoms with van der Waals surface area (Å²) < 4.78 is 36.9. The quantitative estimate of drug-likeness (QED) is 0.176. The Morgan fingerprint density at radius 2 is 1.22 bits per heavy atom. The van der Waals surface area contributed by atoms with Crippen LogP contribution in [-0.2, 0) is 43.8 Å². The van der Waals surface area contributed by atoms with Gasteiger partial charge in [-0.3, -0.25) is 9.59 Å². The molecule has 0 saturated heterocycles. The third-order valence-corrected chi connectivity index (χ3v) is 9.34. The summed E-state index contributed by atoms with van der Waals surface area (Å²) in [7, 11) is -4.23. The second-order valence-corrected chi connectivity index (χ2v) is 14.7. The Morgan fingerprint density at radius 3 is 1.70 bits per heavy atom.